The van der Waals surface area contributed by atoms with E-state index >= 15 is 0 Å². The third-order valence-electron chi connectivity index (χ3n) is 4.03. The summed E-state index contributed by atoms with van der Waals surface area (Å²) < 4.78 is 5.48. The SMILES string of the molecule is CCNCC1CCN(Cc2ccc(OCC)cc2)CC1. The van der Waals surface area contributed by atoms with Gasteiger partial charge in [-0.3, -0.25) is 4.90 Å². The molecule has 3 heteroatoms. The fourth-order valence-electron chi connectivity index (χ4n) is 2.81. The van der Waals surface area contributed by atoms with Gasteiger partial charge >= 0.3 is 0 Å². The maximum atomic E-state index is 5.48. The molecule has 0 unspecified atom stereocenters. The van der Waals surface area contributed by atoms with E-state index in [1.165, 1.54) is 38.0 Å². The van der Waals surface area contributed by atoms with E-state index < -0.39 is 0 Å². The molecule has 0 radical (unpaired) electrons. The predicted octanol–water partition coefficient (Wildman–Crippen LogP) is 2.91. The summed E-state index contributed by atoms with van der Waals surface area (Å²) in [6, 6.07) is 8.54. The minimum atomic E-state index is 0.735. The Morgan fingerprint density at radius 2 is 1.85 bits per heavy atom. The highest BCUT2D eigenvalue weighted by Gasteiger charge is 2.18. The summed E-state index contributed by atoms with van der Waals surface area (Å²) in [6.07, 6.45) is 2.65. The summed E-state index contributed by atoms with van der Waals surface area (Å²) in [5, 5.41) is 3.47. The van der Waals surface area contributed by atoms with Crippen LogP contribution < -0.4 is 10.1 Å². The number of nitrogens with zero attached hydrogens (tertiary/aromatic N) is 1. The van der Waals surface area contributed by atoms with Crippen LogP contribution in [0.5, 0.6) is 5.75 Å². The van der Waals surface area contributed by atoms with Crippen LogP contribution in [-0.2, 0) is 6.54 Å². The van der Waals surface area contributed by atoms with Crippen LogP contribution in [0.1, 0.15) is 32.3 Å². The van der Waals surface area contributed by atoms with Gasteiger partial charge in [0.1, 0.15) is 5.75 Å². The van der Waals surface area contributed by atoms with E-state index in [0.717, 1.165) is 31.4 Å². The zero-order valence-corrected chi connectivity index (χ0v) is 12.9. The fraction of sp³-hybridized carbons (Fsp3) is 0.647. The van der Waals surface area contributed by atoms with Crippen molar-refractivity contribution >= 4 is 0 Å². The molecular weight excluding hydrogens is 248 g/mol. The number of hydrogen-bond donors (Lipinski definition) is 1. The molecule has 0 spiro atoms. The van der Waals surface area contributed by atoms with Crippen molar-refractivity contribution in [1.82, 2.24) is 10.2 Å². The zero-order valence-electron chi connectivity index (χ0n) is 12.9. The van der Waals surface area contributed by atoms with Crippen LogP contribution >= 0.6 is 0 Å². The minimum Gasteiger partial charge on any atom is -0.494 e. The summed E-state index contributed by atoms with van der Waals surface area (Å²) in [7, 11) is 0. The summed E-state index contributed by atoms with van der Waals surface area (Å²) >= 11 is 0. The van der Waals surface area contributed by atoms with E-state index in [1.54, 1.807) is 0 Å². The van der Waals surface area contributed by atoms with Gasteiger partial charge in [0.15, 0.2) is 0 Å². The first-order chi connectivity index (χ1) is 9.81. The number of likely N-dealkylation sites (tertiary alicyclic amines) is 1. The Morgan fingerprint density at radius 3 is 2.45 bits per heavy atom. The largest absolute Gasteiger partial charge is 0.494 e. The second-order valence-corrected chi connectivity index (χ2v) is 5.60. The van der Waals surface area contributed by atoms with Gasteiger partial charge in [-0.15, -0.1) is 0 Å². The van der Waals surface area contributed by atoms with E-state index in [2.05, 4.69) is 41.4 Å². The second-order valence-electron chi connectivity index (χ2n) is 5.60. The Kier molecular flexibility index (Phi) is 6.34. The van der Waals surface area contributed by atoms with E-state index in [1.807, 2.05) is 6.92 Å². The highest BCUT2D eigenvalue weighted by molar-refractivity contribution is 5.27. The van der Waals surface area contributed by atoms with Gasteiger partial charge in [-0.05, 0) is 69.6 Å². The Balaban J connectivity index is 1.74. The quantitative estimate of drug-likeness (QED) is 0.829. The van der Waals surface area contributed by atoms with E-state index in [9.17, 15) is 0 Å². The van der Waals surface area contributed by atoms with Crippen molar-refractivity contribution in [1.29, 1.82) is 0 Å². The Hall–Kier alpha value is -1.06. The summed E-state index contributed by atoms with van der Waals surface area (Å²) in [5.74, 6) is 1.84. The molecule has 1 heterocycles. The third-order valence-corrected chi connectivity index (χ3v) is 4.03. The molecule has 0 bridgehead atoms. The topological polar surface area (TPSA) is 24.5 Å². The molecule has 1 aliphatic heterocycles. The molecule has 1 fully saturated rings. The molecule has 3 nitrogen and oxygen atoms in total. The van der Waals surface area contributed by atoms with Crippen molar-refractivity contribution in [2.45, 2.75) is 33.2 Å². The van der Waals surface area contributed by atoms with Gasteiger partial charge in [0, 0.05) is 6.54 Å². The molecule has 0 atom stereocenters. The Labute approximate surface area is 123 Å². The van der Waals surface area contributed by atoms with Crippen molar-refractivity contribution in [3.8, 4) is 5.75 Å². The van der Waals surface area contributed by atoms with Gasteiger partial charge in [-0.2, -0.15) is 0 Å². The molecule has 1 aromatic rings. The highest BCUT2D eigenvalue weighted by Crippen LogP contribution is 2.19. The number of benzene rings is 1. The van der Waals surface area contributed by atoms with Crippen molar-refractivity contribution in [2.75, 3.05) is 32.8 Å². The maximum absolute atomic E-state index is 5.48. The monoisotopic (exact) mass is 276 g/mol. The normalized spacial score (nSPS) is 17.3. The molecule has 1 aromatic carbocycles. The first-order valence-corrected chi connectivity index (χ1v) is 7.96. The fourth-order valence-corrected chi connectivity index (χ4v) is 2.81. The first kappa shape index (κ1) is 15.3. The van der Waals surface area contributed by atoms with Gasteiger partial charge < -0.3 is 10.1 Å². The Bertz CT molecular complexity index is 369. The summed E-state index contributed by atoms with van der Waals surface area (Å²) in [6.45, 7) is 10.7. The average molecular weight is 276 g/mol. The maximum Gasteiger partial charge on any atom is 0.119 e. The molecule has 0 saturated carbocycles. The van der Waals surface area contributed by atoms with Crippen LogP contribution in [0.15, 0.2) is 24.3 Å². The van der Waals surface area contributed by atoms with Crippen molar-refractivity contribution in [3.63, 3.8) is 0 Å². The van der Waals surface area contributed by atoms with Crippen LogP contribution in [0.2, 0.25) is 0 Å². The van der Waals surface area contributed by atoms with Gasteiger partial charge in [0.25, 0.3) is 0 Å². The molecule has 0 amide bonds. The molecule has 2 rings (SSSR count). The second kappa shape index (κ2) is 8.28. The lowest BCUT2D eigenvalue weighted by atomic mass is 9.96. The van der Waals surface area contributed by atoms with Gasteiger partial charge in [-0.25, -0.2) is 0 Å². The molecule has 0 aromatic heterocycles. The molecular formula is C17H28N2O. The lowest BCUT2D eigenvalue weighted by molar-refractivity contribution is 0.176. The molecule has 20 heavy (non-hydrogen) atoms. The van der Waals surface area contributed by atoms with E-state index in [0.29, 0.717) is 0 Å². The number of hydrogen-bond acceptors (Lipinski definition) is 3. The van der Waals surface area contributed by atoms with Gasteiger partial charge in [0.05, 0.1) is 6.61 Å². The van der Waals surface area contributed by atoms with Crippen LogP contribution in [-0.4, -0.2) is 37.7 Å². The number of ether oxygens (including phenoxy) is 1. The summed E-state index contributed by atoms with van der Waals surface area (Å²) in [5.41, 5.74) is 1.39. The summed E-state index contributed by atoms with van der Waals surface area (Å²) in [4.78, 5) is 2.57. The van der Waals surface area contributed by atoms with Crippen LogP contribution in [0, 0.1) is 5.92 Å². The minimum absolute atomic E-state index is 0.735. The first-order valence-electron chi connectivity index (χ1n) is 7.96. The van der Waals surface area contributed by atoms with Gasteiger partial charge in [0.2, 0.25) is 0 Å². The lowest BCUT2D eigenvalue weighted by Gasteiger charge is -2.32. The lowest BCUT2D eigenvalue weighted by Crippen LogP contribution is -2.36. The molecule has 112 valence electrons. The smallest absolute Gasteiger partial charge is 0.119 e. The van der Waals surface area contributed by atoms with Crippen molar-refractivity contribution < 1.29 is 4.74 Å². The van der Waals surface area contributed by atoms with Crippen molar-refractivity contribution in [3.05, 3.63) is 29.8 Å². The highest BCUT2D eigenvalue weighted by atomic mass is 16.5. The molecule has 1 N–H and O–H groups in total. The Morgan fingerprint density at radius 1 is 1.15 bits per heavy atom. The third kappa shape index (κ3) is 4.80. The van der Waals surface area contributed by atoms with E-state index in [-0.39, 0.29) is 0 Å². The average Bonchev–Trinajstić information content (AvgIpc) is 2.49. The molecule has 0 aliphatic carbocycles. The number of rotatable bonds is 7. The van der Waals surface area contributed by atoms with Crippen molar-refractivity contribution in [2.24, 2.45) is 5.92 Å². The van der Waals surface area contributed by atoms with Gasteiger partial charge in [-0.1, -0.05) is 19.1 Å². The zero-order chi connectivity index (χ0) is 14.2. The predicted molar refractivity (Wildman–Crippen MR) is 84.2 cm³/mol. The van der Waals surface area contributed by atoms with E-state index in [4.69, 9.17) is 4.74 Å². The molecule has 1 saturated heterocycles. The van der Waals surface area contributed by atoms with Crippen LogP contribution in [0.3, 0.4) is 0 Å². The number of piperidine rings is 1. The van der Waals surface area contributed by atoms with Crippen LogP contribution in [0.4, 0.5) is 0 Å². The van der Waals surface area contributed by atoms with Crippen LogP contribution in [0.25, 0.3) is 0 Å². The molecule has 1 aliphatic rings. The standard InChI is InChI=1S/C17H28N2O/c1-3-18-13-15-9-11-19(12-10-15)14-16-5-7-17(8-6-16)20-4-2/h5-8,15,18H,3-4,9-14H2,1-2H3. The number of nitrogens with one attached hydrogen (secondary N) is 1.